The number of rotatable bonds is 8. The summed E-state index contributed by atoms with van der Waals surface area (Å²) in [5.74, 6) is 0.289. The Balaban J connectivity index is 1.84. The maximum Gasteiger partial charge on any atom is 0.353 e. The number of anilines is 4. The fraction of sp³-hybridized carbons (Fsp3) is 0.200. The van der Waals surface area contributed by atoms with Crippen LogP contribution in [0.2, 0.25) is 0 Å². The summed E-state index contributed by atoms with van der Waals surface area (Å²) in [6, 6.07) is 15.4. The molecule has 0 atom stereocenters. The lowest BCUT2D eigenvalue weighted by Gasteiger charge is -2.10. The maximum absolute atomic E-state index is 11.7. The van der Waals surface area contributed by atoms with Crippen LogP contribution in [0, 0.1) is 13.7 Å². The van der Waals surface area contributed by atoms with E-state index in [1.807, 2.05) is 48.5 Å². The van der Waals surface area contributed by atoms with Crippen molar-refractivity contribution in [1.29, 1.82) is 0 Å². The Bertz CT molecular complexity index is 946. The quantitative estimate of drug-likeness (QED) is 0.235. The highest BCUT2D eigenvalue weighted by atomic mass is 127. The first kappa shape index (κ1) is 20.0. The molecule has 3 rings (SSSR count). The lowest BCUT2D eigenvalue weighted by Crippen LogP contribution is -2.05. The van der Waals surface area contributed by atoms with Crippen molar-refractivity contribution in [1.82, 2.24) is 9.97 Å². The predicted octanol–water partition coefficient (Wildman–Crippen LogP) is 5.82. The van der Waals surface area contributed by atoms with E-state index < -0.39 is 4.92 Å². The minimum absolute atomic E-state index is 0.142. The molecule has 0 aliphatic rings. The van der Waals surface area contributed by atoms with Crippen LogP contribution in [-0.2, 0) is 6.42 Å². The van der Waals surface area contributed by atoms with Crippen molar-refractivity contribution in [3.8, 4) is 0 Å². The molecule has 0 saturated carbocycles. The van der Waals surface area contributed by atoms with Gasteiger partial charge in [0, 0.05) is 14.9 Å². The Hall–Kier alpha value is -2.75. The second kappa shape index (κ2) is 9.45. The smallest absolute Gasteiger partial charge is 0.334 e. The van der Waals surface area contributed by atoms with Crippen molar-refractivity contribution < 1.29 is 4.92 Å². The van der Waals surface area contributed by atoms with Crippen LogP contribution < -0.4 is 10.6 Å². The van der Waals surface area contributed by atoms with Gasteiger partial charge in [-0.1, -0.05) is 25.5 Å². The van der Waals surface area contributed by atoms with Gasteiger partial charge < -0.3 is 10.6 Å². The molecule has 0 bridgehead atoms. The van der Waals surface area contributed by atoms with Crippen molar-refractivity contribution in [2.75, 3.05) is 10.6 Å². The molecule has 28 heavy (non-hydrogen) atoms. The summed E-state index contributed by atoms with van der Waals surface area (Å²) in [6.07, 6.45) is 4.61. The van der Waals surface area contributed by atoms with Gasteiger partial charge in [0.1, 0.15) is 6.33 Å². The van der Waals surface area contributed by atoms with Gasteiger partial charge in [0.05, 0.1) is 4.92 Å². The Kier molecular flexibility index (Phi) is 6.75. The van der Waals surface area contributed by atoms with Crippen LogP contribution >= 0.6 is 22.6 Å². The average molecular weight is 489 g/mol. The molecule has 0 radical (unpaired) electrons. The van der Waals surface area contributed by atoms with E-state index in [0.29, 0.717) is 5.69 Å². The zero-order valence-corrected chi connectivity index (χ0v) is 17.5. The zero-order chi connectivity index (χ0) is 19.9. The number of benzene rings is 2. The van der Waals surface area contributed by atoms with Gasteiger partial charge in [0.25, 0.3) is 0 Å². The van der Waals surface area contributed by atoms with Crippen molar-refractivity contribution in [2.24, 2.45) is 0 Å². The first-order chi connectivity index (χ1) is 13.6. The summed E-state index contributed by atoms with van der Waals surface area (Å²) in [4.78, 5) is 19.4. The number of halogens is 1. The van der Waals surface area contributed by atoms with Crippen LogP contribution in [0.15, 0.2) is 54.9 Å². The van der Waals surface area contributed by atoms with Crippen LogP contribution in [0.1, 0.15) is 25.3 Å². The predicted molar refractivity (Wildman–Crippen MR) is 119 cm³/mol. The molecule has 0 aliphatic carbocycles. The first-order valence-corrected chi connectivity index (χ1v) is 10.0. The molecule has 0 spiro atoms. The SMILES string of the molecule is CCCCc1ccc(Nc2ncnc(Nc3ccc(I)cc3)c2[N+](=O)[O-])cc1. The Labute approximate surface area is 176 Å². The van der Waals surface area contributed by atoms with Crippen molar-refractivity contribution >= 4 is 51.3 Å². The van der Waals surface area contributed by atoms with E-state index >= 15 is 0 Å². The van der Waals surface area contributed by atoms with Gasteiger partial charge in [-0.15, -0.1) is 0 Å². The highest BCUT2D eigenvalue weighted by Gasteiger charge is 2.23. The average Bonchev–Trinajstić information content (AvgIpc) is 2.69. The number of hydrogen-bond acceptors (Lipinski definition) is 6. The molecule has 3 aromatic rings. The van der Waals surface area contributed by atoms with E-state index in [1.165, 1.54) is 11.9 Å². The molecule has 8 heteroatoms. The number of nitrogens with one attached hydrogen (secondary N) is 2. The third kappa shape index (κ3) is 5.16. The van der Waals surface area contributed by atoms with Crippen LogP contribution in [0.4, 0.5) is 28.7 Å². The molecule has 0 amide bonds. The van der Waals surface area contributed by atoms with Gasteiger partial charge in [-0.25, -0.2) is 9.97 Å². The minimum Gasteiger partial charge on any atom is -0.334 e. The molecule has 0 aliphatic heterocycles. The number of aromatic nitrogens is 2. The Morgan fingerprint density at radius 3 is 2.00 bits per heavy atom. The van der Waals surface area contributed by atoms with Crippen molar-refractivity contribution in [3.05, 3.63) is 74.1 Å². The van der Waals surface area contributed by atoms with E-state index in [9.17, 15) is 10.1 Å². The van der Waals surface area contributed by atoms with E-state index in [2.05, 4.69) is 50.1 Å². The summed E-state index contributed by atoms with van der Waals surface area (Å²) < 4.78 is 1.07. The highest BCUT2D eigenvalue weighted by molar-refractivity contribution is 14.1. The molecule has 1 heterocycles. The standard InChI is InChI=1S/C20H20IN5O2/c1-2-3-4-14-5-9-16(10-6-14)24-19-18(26(27)28)20(23-13-22-19)25-17-11-7-15(21)8-12-17/h5-13H,2-4H2,1H3,(H2,22,23,24,25). The van der Waals surface area contributed by atoms with Gasteiger partial charge >= 0.3 is 5.69 Å². The molecule has 2 N–H and O–H groups in total. The van der Waals surface area contributed by atoms with Crippen LogP contribution in [0.5, 0.6) is 0 Å². The summed E-state index contributed by atoms with van der Waals surface area (Å²) in [6.45, 7) is 2.16. The summed E-state index contributed by atoms with van der Waals surface area (Å²) in [7, 11) is 0. The van der Waals surface area contributed by atoms with Crippen LogP contribution in [0.25, 0.3) is 0 Å². The maximum atomic E-state index is 11.7. The topological polar surface area (TPSA) is 93.0 Å². The van der Waals surface area contributed by atoms with Gasteiger partial charge in [-0.2, -0.15) is 0 Å². The zero-order valence-electron chi connectivity index (χ0n) is 15.4. The lowest BCUT2D eigenvalue weighted by atomic mass is 10.1. The van der Waals surface area contributed by atoms with E-state index in [-0.39, 0.29) is 17.3 Å². The van der Waals surface area contributed by atoms with E-state index in [4.69, 9.17) is 0 Å². The van der Waals surface area contributed by atoms with Crippen LogP contribution in [-0.4, -0.2) is 14.9 Å². The van der Waals surface area contributed by atoms with E-state index in [1.54, 1.807) is 0 Å². The van der Waals surface area contributed by atoms with Crippen LogP contribution in [0.3, 0.4) is 0 Å². The summed E-state index contributed by atoms with van der Waals surface area (Å²) in [5.41, 5.74) is 2.50. The fourth-order valence-corrected chi connectivity index (χ4v) is 3.04. The fourth-order valence-electron chi connectivity index (χ4n) is 2.68. The molecule has 144 valence electrons. The van der Waals surface area contributed by atoms with E-state index in [0.717, 1.165) is 28.5 Å². The number of nitrogens with zero attached hydrogens (tertiary/aromatic N) is 3. The minimum atomic E-state index is -0.479. The van der Waals surface area contributed by atoms with Gasteiger partial charge in [0.2, 0.25) is 11.6 Å². The molecular weight excluding hydrogens is 469 g/mol. The molecule has 7 nitrogen and oxygen atoms in total. The Morgan fingerprint density at radius 1 is 0.964 bits per heavy atom. The molecule has 0 saturated heterocycles. The van der Waals surface area contributed by atoms with Crippen molar-refractivity contribution in [2.45, 2.75) is 26.2 Å². The van der Waals surface area contributed by atoms with Gasteiger partial charge in [-0.05, 0) is 77.4 Å². The summed E-state index contributed by atoms with van der Waals surface area (Å²) in [5, 5.41) is 17.7. The number of unbranched alkanes of at least 4 members (excludes halogenated alkanes) is 1. The largest absolute Gasteiger partial charge is 0.353 e. The third-order valence-electron chi connectivity index (χ3n) is 4.15. The second-order valence-corrected chi connectivity index (χ2v) is 7.48. The lowest BCUT2D eigenvalue weighted by molar-refractivity contribution is -0.383. The highest BCUT2D eigenvalue weighted by Crippen LogP contribution is 2.33. The third-order valence-corrected chi connectivity index (χ3v) is 4.87. The number of aryl methyl sites for hydroxylation is 1. The van der Waals surface area contributed by atoms with Gasteiger partial charge in [-0.3, -0.25) is 10.1 Å². The molecular formula is C20H20IN5O2. The second-order valence-electron chi connectivity index (χ2n) is 6.23. The molecule has 0 fully saturated rings. The molecule has 1 aromatic heterocycles. The monoisotopic (exact) mass is 489 g/mol. The summed E-state index contributed by atoms with van der Waals surface area (Å²) >= 11 is 2.20. The number of nitro groups is 1. The van der Waals surface area contributed by atoms with Gasteiger partial charge in [0.15, 0.2) is 0 Å². The first-order valence-electron chi connectivity index (χ1n) is 8.94. The molecule has 0 unspecified atom stereocenters. The normalized spacial score (nSPS) is 10.5. The number of hydrogen-bond donors (Lipinski definition) is 2. The van der Waals surface area contributed by atoms with Crippen molar-refractivity contribution in [3.63, 3.8) is 0 Å². The Morgan fingerprint density at radius 2 is 1.50 bits per heavy atom. The molecule has 2 aromatic carbocycles.